The van der Waals surface area contributed by atoms with E-state index in [9.17, 15) is 9.59 Å². The summed E-state index contributed by atoms with van der Waals surface area (Å²) in [6, 6.07) is 5.89. The lowest BCUT2D eigenvalue weighted by molar-refractivity contribution is -0.133. The lowest BCUT2D eigenvalue weighted by atomic mass is 9.85. The average Bonchev–Trinajstić information content (AvgIpc) is 3.45. The van der Waals surface area contributed by atoms with E-state index < -0.39 is 0 Å². The molecule has 0 bridgehead atoms. The maximum atomic E-state index is 12.6. The van der Waals surface area contributed by atoms with E-state index in [-0.39, 0.29) is 17.2 Å². The Kier molecular flexibility index (Phi) is 6.21. The Morgan fingerprint density at radius 1 is 1.17 bits per heavy atom. The zero-order valence-corrected chi connectivity index (χ0v) is 17.8. The molecule has 158 valence electrons. The number of nitrogens with zero attached hydrogens (tertiary/aromatic N) is 2. The molecule has 0 aromatic carbocycles. The van der Waals surface area contributed by atoms with E-state index in [1.165, 1.54) is 32.1 Å². The van der Waals surface area contributed by atoms with Crippen molar-refractivity contribution in [2.75, 3.05) is 13.1 Å². The molecule has 29 heavy (non-hydrogen) atoms. The number of hydrogen-bond donors (Lipinski definition) is 1. The maximum absolute atomic E-state index is 12.6. The van der Waals surface area contributed by atoms with E-state index >= 15 is 0 Å². The van der Waals surface area contributed by atoms with Gasteiger partial charge < -0.3 is 10.2 Å². The Labute approximate surface area is 174 Å². The minimum atomic E-state index is 0.117. The van der Waals surface area contributed by atoms with Crippen molar-refractivity contribution in [3.8, 4) is 0 Å². The van der Waals surface area contributed by atoms with E-state index in [1.807, 2.05) is 25.1 Å². The Morgan fingerprint density at radius 2 is 1.93 bits per heavy atom. The molecule has 1 unspecified atom stereocenters. The SMILES string of the molecule is Cc1cccc(CNC(=O)C2CC23CCN(C(=O)CCC2CCCCC2)CC3)n1. The highest BCUT2D eigenvalue weighted by atomic mass is 16.2. The number of likely N-dealkylation sites (tertiary alicyclic amines) is 1. The molecule has 0 radical (unpaired) electrons. The molecule has 3 fully saturated rings. The van der Waals surface area contributed by atoms with Crippen LogP contribution in [0, 0.1) is 24.2 Å². The normalized spacial score (nSPS) is 23.8. The van der Waals surface area contributed by atoms with Crippen LogP contribution in [0.15, 0.2) is 18.2 Å². The zero-order valence-electron chi connectivity index (χ0n) is 17.8. The Morgan fingerprint density at radius 3 is 2.66 bits per heavy atom. The summed E-state index contributed by atoms with van der Waals surface area (Å²) in [5.41, 5.74) is 2.02. The summed E-state index contributed by atoms with van der Waals surface area (Å²) >= 11 is 0. The highest BCUT2D eigenvalue weighted by molar-refractivity contribution is 5.82. The summed E-state index contributed by atoms with van der Waals surface area (Å²) in [6.45, 7) is 4.11. The molecule has 1 saturated heterocycles. The van der Waals surface area contributed by atoms with Gasteiger partial charge in [-0.05, 0) is 56.1 Å². The summed E-state index contributed by atoms with van der Waals surface area (Å²) in [5, 5.41) is 3.07. The van der Waals surface area contributed by atoms with Gasteiger partial charge in [0.1, 0.15) is 0 Å². The van der Waals surface area contributed by atoms with Gasteiger partial charge in [-0.2, -0.15) is 0 Å². The number of rotatable bonds is 6. The predicted octanol–water partition coefficient (Wildman–Crippen LogP) is 4.00. The highest BCUT2D eigenvalue weighted by Crippen LogP contribution is 2.59. The molecular weight excluding hydrogens is 362 g/mol. The summed E-state index contributed by atoms with van der Waals surface area (Å²) < 4.78 is 0. The minimum absolute atomic E-state index is 0.117. The summed E-state index contributed by atoms with van der Waals surface area (Å²) in [7, 11) is 0. The number of pyridine rings is 1. The van der Waals surface area contributed by atoms with Crippen LogP contribution in [0.2, 0.25) is 0 Å². The Balaban J connectivity index is 1.18. The van der Waals surface area contributed by atoms with Crippen molar-refractivity contribution in [3.63, 3.8) is 0 Å². The summed E-state index contributed by atoms with van der Waals surface area (Å²) in [5.74, 6) is 1.37. The molecule has 2 saturated carbocycles. The molecule has 1 spiro atoms. The van der Waals surface area contributed by atoms with Crippen molar-refractivity contribution in [1.82, 2.24) is 15.2 Å². The first-order valence-electron chi connectivity index (χ1n) is 11.5. The van der Waals surface area contributed by atoms with Crippen LogP contribution < -0.4 is 5.32 Å². The van der Waals surface area contributed by atoms with Gasteiger partial charge in [0.2, 0.25) is 11.8 Å². The predicted molar refractivity (Wildman–Crippen MR) is 113 cm³/mol. The number of piperidine rings is 1. The number of carbonyl (C=O) groups excluding carboxylic acids is 2. The van der Waals surface area contributed by atoms with Crippen molar-refractivity contribution in [1.29, 1.82) is 0 Å². The van der Waals surface area contributed by atoms with E-state index in [0.717, 1.165) is 56.1 Å². The molecule has 1 aliphatic heterocycles. The van der Waals surface area contributed by atoms with Crippen molar-refractivity contribution in [2.24, 2.45) is 17.3 Å². The standard InChI is InChI=1S/C24H35N3O2/c1-18-6-5-9-20(26-18)17-25-23(29)21-16-24(21)12-14-27(15-13-24)22(28)11-10-19-7-3-2-4-8-19/h5-6,9,19,21H,2-4,7-8,10-17H2,1H3,(H,25,29). The van der Waals surface area contributed by atoms with Gasteiger partial charge in [0.05, 0.1) is 12.2 Å². The summed E-state index contributed by atoms with van der Waals surface area (Å²) in [6.07, 6.45) is 11.4. The molecule has 2 heterocycles. The Bertz CT molecular complexity index is 733. The minimum Gasteiger partial charge on any atom is -0.350 e. The van der Waals surface area contributed by atoms with Gasteiger partial charge in [0.25, 0.3) is 0 Å². The fraction of sp³-hybridized carbons (Fsp3) is 0.708. The first-order chi connectivity index (χ1) is 14.1. The van der Waals surface area contributed by atoms with Gasteiger partial charge in [-0.3, -0.25) is 14.6 Å². The third kappa shape index (κ3) is 4.99. The third-order valence-corrected chi connectivity index (χ3v) is 7.50. The van der Waals surface area contributed by atoms with Gasteiger partial charge in [-0.1, -0.05) is 38.2 Å². The van der Waals surface area contributed by atoms with Crippen LogP contribution in [0.3, 0.4) is 0 Å². The quantitative estimate of drug-likeness (QED) is 0.789. The molecule has 1 atom stereocenters. The largest absolute Gasteiger partial charge is 0.350 e. The molecule has 5 heteroatoms. The van der Waals surface area contributed by atoms with Gasteiger partial charge in [0, 0.05) is 31.1 Å². The smallest absolute Gasteiger partial charge is 0.224 e. The van der Waals surface area contributed by atoms with Gasteiger partial charge >= 0.3 is 0 Å². The van der Waals surface area contributed by atoms with Crippen molar-refractivity contribution >= 4 is 11.8 Å². The average molecular weight is 398 g/mol. The fourth-order valence-electron chi connectivity index (χ4n) is 5.43. The molecule has 2 amide bonds. The molecule has 3 aliphatic rings. The van der Waals surface area contributed by atoms with Crippen LogP contribution in [0.4, 0.5) is 0 Å². The second-order valence-electron chi connectivity index (χ2n) is 9.53. The van der Waals surface area contributed by atoms with E-state index in [0.29, 0.717) is 18.9 Å². The van der Waals surface area contributed by atoms with E-state index in [2.05, 4.69) is 15.2 Å². The molecule has 4 rings (SSSR count). The molecule has 1 N–H and O–H groups in total. The van der Waals surface area contributed by atoms with Crippen LogP contribution in [0.25, 0.3) is 0 Å². The van der Waals surface area contributed by atoms with Crippen LogP contribution in [-0.2, 0) is 16.1 Å². The number of aromatic nitrogens is 1. The third-order valence-electron chi connectivity index (χ3n) is 7.50. The zero-order chi connectivity index (χ0) is 20.3. The van der Waals surface area contributed by atoms with E-state index in [1.54, 1.807) is 0 Å². The van der Waals surface area contributed by atoms with Crippen molar-refractivity contribution in [3.05, 3.63) is 29.6 Å². The van der Waals surface area contributed by atoms with Gasteiger partial charge in [0.15, 0.2) is 0 Å². The first-order valence-corrected chi connectivity index (χ1v) is 11.5. The molecule has 1 aromatic rings. The van der Waals surface area contributed by atoms with Crippen LogP contribution in [0.1, 0.15) is 75.6 Å². The molecular formula is C24H35N3O2. The van der Waals surface area contributed by atoms with Gasteiger partial charge in [-0.15, -0.1) is 0 Å². The highest BCUT2D eigenvalue weighted by Gasteiger charge is 2.58. The van der Waals surface area contributed by atoms with Crippen LogP contribution in [0.5, 0.6) is 0 Å². The molecule has 5 nitrogen and oxygen atoms in total. The number of nitrogens with one attached hydrogen (secondary N) is 1. The number of hydrogen-bond acceptors (Lipinski definition) is 3. The van der Waals surface area contributed by atoms with Gasteiger partial charge in [-0.25, -0.2) is 0 Å². The fourth-order valence-corrected chi connectivity index (χ4v) is 5.43. The second-order valence-corrected chi connectivity index (χ2v) is 9.53. The topological polar surface area (TPSA) is 62.3 Å². The number of carbonyl (C=O) groups is 2. The molecule has 2 aliphatic carbocycles. The first kappa shape index (κ1) is 20.4. The van der Waals surface area contributed by atoms with Crippen LogP contribution >= 0.6 is 0 Å². The van der Waals surface area contributed by atoms with Crippen LogP contribution in [-0.4, -0.2) is 34.8 Å². The van der Waals surface area contributed by atoms with E-state index in [4.69, 9.17) is 0 Å². The number of amides is 2. The van der Waals surface area contributed by atoms with Crippen molar-refractivity contribution in [2.45, 2.75) is 77.7 Å². The number of aryl methyl sites for hydroxylation is 1. The summed E-state index contributed by atoms with van der Waals surface area (Å²) in [4.78, 5) is 31.7. The lowest BCUT2D eigenvalue weighted by Crippen LogP contribution is -2.40. The molecule has 1 aromatic heterocycles. The monoisotopic (exact) mass is 397 g/mol. The van der Waals surface area contributed by atoms with Crippen molar-refractivity contribution < 1.29 is 9.59 Å². The maximum Gasteiger partial charge on any atom is 0.224 e. The Hall–Kier alpha value is -1.91. The second kappa shape index (κ2) is 8.85. The lowest BCUT2D eigenvalue weighted by Gasteiger charge is -2.33.